The number of para-hydroxylation sites is 1. The van der Waals surface area contributed by atoms with E-state index in [9.17, 15) is 0 Å². The van der Waals surface area contributed by atoms with E-state index >= 15 is 0 Å². The second-order valence-corrected chi connectivity index (χ2v) is 4.89. The maximum Gasteiger partial charge on any atom is 0.130 e. The fourth-order valence-electron chi connectivity index (χ4n) is 2.20. The van der Waals surface area contributed by atoms with E-state index < -0.39 is 0 Å². The predicted molar refractivity (Wildman–Crippen MR) is 77.6 cm³/mol. The molecule has 0 saturated carbocycles. The number of nitrogens with one attached hydrogen (secondary N) is 1. The molecule has 0 aliphatic heterocycles. The lowest BCUT2D eigenvalue weighted by Crippen LogP contribution is -2.30. The van der Waals surface area contributed by atoms with Crippen LogP contribution in [0.5, 0.6) is 0 Å². The Kier molecular flexibility index (Phi) is 4.09. The van der Waals surface area contributed by atoms with E-state index in [0.717, 1.165) is 16.8 Å². The first-order valence-corrected chi connectivity index (χ1v) is 6.41. The van der Waals surface area contributed by atoms with Crippen LogP contribution in [0.3, 0.4) is 0 Å². The van der Waals surface area contributed by atoms with Gasteiger partial charge < -0.3 is 5.73 Å². The van der Waals surface area contributed by atoms with Crippen molar-refractivity contribution in [3.63, 3.8) is 0 Å². The number of nitrogens with two attached hydrogens (primary N) is 2. The Morgan fingerprint density at radius 3 is 2.63 bits per heavy atom. The molecular formula is C13H18ClN5. The first-order chi connectivity index (χ1) is 9.04. The van der Waals surface area contributed by atoms with Crippen LogP contribution in [0.4, 0.5) is 5.69 Å². The Morgan fingerprint density at radius 2 is 2.11 bits per heavy atom. The fraction of sp³-hybridized carbons (Fsp3) is 0.308. The number of hydrogen-bond acceptors (Lipinski definition) is 4. The summed E-state index contributed by atoms with van der Waals surface area (Å²) in [4.78, 5) is 0. The molecule has 1 unspecified atom stereocenters. The maximum absolute atomic E-state index is 6.24. The summed E-state index contributed by atoms with van der Waals surface area (Å²) < 4.78 is 1.66. The van der Waals surface area contributed by atoms with Crippen molar-refractivity contribution in [2.75, 3.05) is 5.73 Å². The Labute approximate surface area is 117 Å². The van der Waals surface area contributed by atoms with Crippen molar-refractivity contribution in [2.24, 2.45) is 12.9 Å². The lowest BCUT2D eigenvalue weighted by atomic mass is 9.98. The number of nitrogens with zero attached hydrogens (tertiary/aromatic N) is 2. The molecule has 0 radical (unpaired) electrons. The van der Waals surface area contributed by atoms with Crippen molar-refractivity contribution < 1.29 is 0 Å². The molecule has 0 fully saturated rings. The van der Waals surface area contributed by atoms with Gasteiger partial charge in [0.15, 0.2) is 0 Å². The average molecular weight is 280 g/mol. The fourth-order valence-corrected chi connectivity index (χ4v) is 2.45. The second-order valence-electron chi connectivity index (χ2n) is 4.53. The lowest BCUT2D eigenvalue weighted by molar-refractivity contribution is 0.552. The molecule has 1 aromatic heterocycles. The van der Waals surface area contributed by atoms with E-state index in [-0.39, 0.29) is 6.04 Å². The molecule has 1 heterocycles. The summed E-state index contributed by atoms with van der Waals surface area (Å²) in [5.74, 6) is 5.65. The van der Waals surface area contributed by atoms with Crippen LogP contribution in [0.1, 0.15) is 22.9 Å². The van der Waals surface area contributed by atoms with Crippen LogP contribution in [0.15, 0.2) is 24.3 Å². The third-order valence-corrected chi connectivity index (χ3v) is 3.72. The molecule has 5 N–H and O–H groups in total. The van der Waals surface area contributed by atoms with E-state index in [1.165, 1.54) is 0 Å². The summed E-state index contributed by atoms with van der Waals surface area (Å²) in [7, 11) is 1.82. The highest BCUT2D eigenvalue weighted by molar-refractivity contribution is 6.30. The number of hydrazine groups is 1. The molecule has 102 valence electrons. The van der Waals surface area contributed by atoms with Crippen molar-refractivity contribution in [1.29, 1.82) is 0 Å². The van der Waals surface area contributed by atoms with Gasteiger partial charge in [-0.3, -0.25) is 16.0 Å². The van der Waals surface area contributed by atoms with Crippen molar-refractivity contribution >= 4 is 17.3 Å². The quantitative estimate of drug-likeness (QED) is 0.452. The molecule has 0 amide bonds. The monoisotopic (exact) mass is 279 g/mol. The molecule has 2 aromatic rings. The van der Waals surface area contributed by atoms with E-state index in [0.29, 0.717) is 17.3 Å². The highest BCUT2D eigenvalue weighted by atomic mass is 35.5. The largest absolute Gasteiger partial charge is 0.398 e. The number of rotatable bonds is 4. The third kappa shape index (κ3) is 2.73. The van der Waals surface area contributed by atoms with Gasteiger partial charge in [0.25, 0.3) is 0 Å². The van der Waals surface area contributed by atoms with Crippen LogP contribution < -0.4 is 17.0 Å². The Bertz CT molecular complexity index is 578. The summed E-state index contributed by atoms with van der Waals surface area (Å²) in [6.07, 6.45) is 0.642. The number of aromatic nitrogens is 2. The Hall–Kier alpha value is -1.56. The SMILES string of the molecule is Cc1nn(C)c(Cl)c1CC(NN)c1ccccc1N. The molecule has 2 rings (SSSR count). The minimum atomic E-state index is -0.0957. The van der Waals surface area contributed by atoms with Crippen molar-refractivity contribution in [2.45, 2.75) is 19.4 Å². The molecule has 1 aromatic carbocycles. The van der Waals surface area contributed by atoms with Gasteiger partial charge in [0.2, 0.25) is 0 Å². The standard InChI is InChI=1S/C13H18ClN5/c1-8-10(13(14)19(2)18-8)7-12(17-16)9-5-3-4-6-11(9)15/h3-6,12,17H,7,15-16H2,1-2H3. The summed E-state index contributed by atoms with van der Waals surface area (Å²) in [5, 5.41) is 4.93. The summed E-state index contributed by atoms with van der Waals surface area (Å²) in [6.45, 7) is 1.93. The van der Waals surface area contributed by atoms with Gasteiger partial charge in [-0.1, -0.05) is 29.8 Å². The number of aryl methyl sites for hydroxylation is 2. The highest BCUT2D eigenvalue weighted by Gasteiger charge is 2.19. The normalized spacial score (nSPS) is 12.6. The zero-order valence-corrected chi connectivity index (χ0v) is 11.8. The van der Waals surface area contributed by atoms with Gasteiger partial charge in [-0.15, -0.1) is 0 Å². The number of hydrogen-bond donors (Lipinski definition) is 3. The van der Waals surface area contributed by atoms with Crippen molar-refractivity contribution in [3.8, 4) is 0 Å². The summed E-state index contributed by atoms with van der Waals surface area (Å²) >= 11 is 6.24. The maximum atomic E-state index is 6.24. The van der Waals surface area contributed by atoms with E-state index in [1.807, 2.05) is 38.2 Å². The van der Waals surface area contributed by atoms with Crippen LogP contribution in [0.25, 0.3) is 0 Å². The molecule has 0 bridgehead atoms. The van der Waals surface area contributed by atoms with E-state index in [2.05, 4.69) is 10.5 Å². The highest BCUT2D eigenvalue weighted by Crippen LogP contribution is 2.27. The van der Waals surface area contributed by atoms with Crippen molar-refractivity contribution in [3.05, 3.63) is 46.2 Å². The van der Waals surface area contributed by atoms with E-state index in [4.69, 9.17) is 23.2 Å². The van der Waals surface area contributed by atoms with E-state index in [1.54, 1.807) is 4.68 Å². The smallest absolute Gasteiger partial charge is 0.130 e. The molecular weight excluding hydrogens is 262 g/mol. The molecule has 0 aliphatic carbocycles. The molecule has 6 heteroatoms. The number of anilines is 1. The van der Waals surface area contributed by atoms with Gasteiger partial charge in [-0.05, 0) is 25.0 Å². The Balaban J connectivity index is 2.32. The van der Waals surface area contributed by atoms with Gasteiger partial charge >= 0.3 is 0 Å². The van der Waals surface area contributed by atoms with Crippen LogP contribution in [0, 0.1) is 6.92 Å². The molecule has 0 spiro atoms. The molecule has 1 atom stereocenters. The van der Waals surface area contributed by atoms with Gasteiger partial charge in [0, 0.05) is 18.3 Å². The van der Waals surface area contributed by atoms with Gasteiger partial charge in [0.1, 0.15) is 5.15 Å². The van der Waals surface area contributed by atoms with Crippen molar-refractivity contribution in [1.82, 2.24) is 15.2 Å². The minimum absolute atomic E-state index is 0.0957. The summed E-state index contributed by atoms with van der Waals surface area (Å²) in [5.41, 5.74) is 12.3. The zero-order chi connectivity index (χ0) is 14.0. The molecule has 0 aliphatic rings. The Morgan fingerprint density at radius 1 is 1.42 bits per heavy atom. The molecule has 19 heavy (non-hydrogen) atoms. The molecule has 0 saturated heterocycles. The first-order valence-electron chi connectivity index (χ1n) is 6.03. The second kappa shape index (κ2) is 5.61. The topological polar surface area (TPSA) is 81.9 Å². The third-order valence-electron chi connectivity index (χ3n) is 3.25. The summed E-state index contributed by atoms with van der Waals surface area (Å²) in [6, 6.07) is 7.56. The van der Waals surface area contributed by atoms with Gasteiger partial charge in [0.05, 0.1) is 11.7 Å². The minimum Gasteiger partial charge on any atom is -0.398 e. The van der Waals surface area contributed by atoms with Crippen LogP contribution in [-0.4, -0.2) is 9.78 Å². The van der Waals surface area contributed by atoms with Gasteiger partial charge in [-0.2, -0.15) is 5.10 Å². The lowest BCUT2D eigenvalue weighted by Gasteiger charge is -2.18. The molecule has 5 nitrogen and oxygen atoms in total. The average Bonchev–Trinajstić information content (AvgIpc) is 2.63. The van der Waals surface area contributed by atoms with Crippen LogP contribution >= 0.6 is 11.6 Å². The predicted octanol–water partition coefficient (Wildman–Crippen LogP) is 1.71. The number of halogens is 1. The number of benzene rings is 1. The van der Waals surface area contributed by atoms with Crippen LogP contribution in [0.2, 0.25) is 5.15 Å². The zero-order valence-electron chi connectivity index (χ0n) is 11.0. The first kappa shape index (κ1) is 13.9. The van der Waals surface area contributed by atoms with Gasteiger partial charge in [-0.25, -0.2) is 0 Å². The van der Waals surface area contributed by atoms with Crippen LogP contribution in [-0.2, 0) is 13.5 Å². The number of nitrogen functional groups attached to an aromatic ring is 1.